The molecule has 2 atom stereocenters. The van der Waals surface area contributed by atoms with Gasteiger partial charge in [-0.15, -0.1) is 0 Å². The Morgan fingerprint density at radius 3 is 1.45 bits per heavy atom. The molecule has 0 N–H and O–H groups in total. The Bertz CT molecular complexity index is 2820. The minimum atomic E-state index is -0.443. The van der Waals surface area contributed by atoms with Gasteiger partial charge in [-0.3, -0.25) is 19.9 Å². The van der Waals surface area contributed by atoms with Crippen LogP contribution in [-0.2, 0) is 11.8 Å². The molecule has 0 aliphatic rings. The number of pyridine rings is 5. The predicted molar refractivity (Wildman–Crippen MR) is 287 cm³/mol. The largest absolute Gasteiger partial charge is 1.00 e. The summed E-state index contributed by atoms with van der Waals surface area (Å²) in [5.41, 5.74) is 11.3. The van der Waals surface area contributed by atoms with Gasteiger partial charge >= 0.3 is 18.9 Å². The van der Waals surface area contributed by atoms with Crippen molar-refractivity contribution in [1.82, 2.24) is 24.9 Å². The Labute approximate surface area is 433 Å². The molecule has 0 saturated carbocycles. The van der Waals surface area contributed by atoms with Gasteiger partial charge in [-0.1, -0.05) is 202 Å². The quantitative estimate of drug-likeness (QED) is 0.0777. The van der Waals surface area contributed by atoms with Crippen molar-refractivity contribution in [2.24, 2.45) is 0 Å². The molecule has 2 unspecified atom stereocenters. The molecule has 5 aromatic heterocycles. The molecule has 0 bridgehead atoms. The van der Waals surface area contributed by atoms with Crippen molar-refractivity contribution in [2.75, 3.05) is 0 Å². The Morgan fingerprint density at radius 2 is 0.944 bits per heavy atom. The molecule has 5 heterocycles. The third-order valence-electron chi connectivity index (χ3n) is 11.4. The van der Waals surface area contributed by atoms with Crippen LogP contribution < -0.4 is 18.9 Å². The van der Waals surface area contributed by atoms with E-state index in [4.69, 9.17) is 4.98 Å². The standard InChI is InChI=1S/C24H20N2.C13H13N.C12H11N.C11H8FN.C4H9.Li/c1-24(20-13-6-3-7-14-20,22-16-8-9-18-25-22)23-17-10-15-21(26-23)19-11-4-2-5-12-19;1-11(12-7-3-2-4-8-12)13-9-5-6-10-14-13;1-2-6-11(7-3-1)10-12-8-4-5-9-13-12;12-11-8-4-7-10(13-11)9-5-2-1-3-6-9;1-3-4-2;/h2-18H,1H3;2-11H,1H3;1-9H,10H2;1-8H;1,3-4H2,2H3;/q;;;;-1;+1. The van der Waals surface area contributed by atoms with Crippen LogP contribution in [0.25, 0.3) is 22.5 Å². The zero-order valence-electron chi connectivity index (χ0n) is 41.3. The van der Waals surface area contributed by atoms with Crippen LogP contribution in [0.3, 0.4) is 0 Å². The zero-order valence-corrected chi connectivity index (χ0v) is 41.3. The van der Waals surface area contributed by atoms with E-state index in [2.05, 4.69) is 163 Å². The molecule has 0 fully saturated rings. The van der Waals surface area contributed by atoms with E-state index in [1.54, 1.807) is 12.1 Å². The molecule has 71 heavy (non-hydrogen) atoms. The average molecular weight is 926 g/mol. The smallest absolute Gasteiger partial charge is 0.343 e. The molecule has 0 aliphatic heterocycles. The van der Waals surface area contributed by atoms with Crippen molar-refractivity contribution in [2.45, 2.75) is 51.4 Å². The number of hydrogen-bond acceptors (Lipinski definition) is 5. The molecular formula is C64H61FLiN5. The van der Waals surface area contributed by atoms with E-state index in [9.17, 15) is 4.39 Å². The van der Waals surface area contributed by atoms with Gasteiger partial charge in [0, 0.05) is 53.4 Å². The van der Waals surface area contributed by atoms with E-state index >= 15 is 0 Å². The summed E-state index contributed by atoms with van der Waals surface area (Å²) >= 11 is 0. The van der Waals surface area contributed by atoms with E-state index in [-0.39, 0.29) is 18.9 Å². The molecule has 0 radical (unpaired) electrons. The minimum Gasteiger partial charge on any atom is -0.343 e. The maximum absolute atomic E-state index is 12.7. The van der Waals surface area contributed by atoms with Crippen LogP contribution in [0.4, 0.5) is 4.39 Å². The molecule has 5 aromatic carbocycles. The molecule has 0 amide bonds. The van der Waals surface area contributed by atoms with Crippen molar-refractivity contribution in [1.29, 1.82) is 0 Å². The predicted octanol–water partition coefficient (Wildman–Crippen LogP) is 12.9. The maximum Gasteiger partial charge on any atom is 1.00 e. The molecule has 10 aromatic rings. The number of aromatic nitrogens is 5. The second-order valence-corrected chi connectivity index (χ2v) is 16.4. The first-order valence-corrected chi connectivity index (χ1v) is 23.8. The number of halogens is 1. The van der Waals surface area contributed by atoms with Crippen molar-refractivity contribution in [3.63, 3.8) is 0 Å². The van der Waals surface area contributed by atoms with Gasteiger partial charge in [0.1, 0.15) is 0 Å². The third-order valence-corrected chi connectivity index (χ3v) is 11.4. The zero-order chi connectivity index (χ0) is 49.1. The molecular weight excluding hydrogens is 865 g/mol. The summed E-state index contributed by atoms with van der Waals surface area (Å²) in [6.07, 6.45) is 8.71. The molecule has 0 aliphatic carbocycles. The van der Waals surface area contributed by atoms with Crippen molar-refractivity contribution >= 4 is 0 Å². The van der Waals surface area contributed by atoms with Gasteiger partial charge in [-0.05, 0) is 84.3 Å². The molecule has 10 rings (SSSR count). The van der Waals surface area contributed by atoms with Crippen LogP contribution >= 0.6 is 0 Å². The van der Waals surface area contributed by atoms with Gasteiger partial charge < -0.3 is 6.92 Å². The van der Waals surface area contributed by atoms with Crippen LogP contribution in [0.15, 0.2) is 261 Å². The summed E-state index contributed by atoms with van der Waals surface area (Å²) in [4.78, 5) is 22.1. The summed E-state index contributed by atoms with van der Waals surface area (Å²) in [6, 6.07) is 80.2. The second kappa shape index (κ2) is 30.1. The molecule has 350 valence electrons. The van der Waals surface area contributed by atoms with Gasteiger partial charge in [0.25, 0.3) is 0 Å². The fourth-order valence-corrected chi connectivity index (χ4v) is 7.37. The number of hydrogen-bond donors (Lipinski definition) is 0. The fraction of sp³-hybridized carbons (Fsp3) is 0.125. The minimum absolute atomic E-state index is 0. The Kier molecular flexibility index (Phi) is 23.0. The molecule has 5 nitrogen and oxygen atoms in total. The van der Waals surface area contributed by atoms with Crippen LogP contribution in [0.5, 0.6) is 0 Å². The van der Waals surface area contributed by atoms with Crippen LogP contribution in [-0.4, -0.2) is 24.9 Å². The van der Waals surface area contributed by atoms with E-state index < -0.39 is 11.4 Å². The summed E-state index contributed by atoms with van der Waals surface area (Å²) < 4.78 is 12.7. The number of benzene rings is 5. The SMILES string of the molecule is CC(c1ccccc1)(c1ccccn1)c1cccc(-c2ccccc2)n1.CC(c1ccccc1)c1ccccn1.Fc1cccc(-c2ccccc2)n1.[CH2-]CCC.[Li+].c1ccc(Cc2ccccn2)cc1. The monoisotopic (exact) mass is 926 g/mol. The number of rotatable bonds is 10. The topological polar surface area (TPSA) is 64.5 Å². The maximum atomic E-state index is 12.7. The van der Waals surface area contributed by atoms with Crippen LogP contribution in [0.2, 0.25) is 0 Å². The van der Waals surface area contributed by atoms with Gasteiger partial charge in [0.15, 0.2) is 0 Å². The Hall–Kier alpha value is -7.62. The summed E-state index contributed by atoms with van der Waals surface area (Å²) in [5, 5.41) is 0. The number of nitrogens with zero attached hydrogens (tertiary/aromatic N) is 5. The van der Waals surface area contributed by atoms with E-state index in [1.165, 1.54) is 29.2 Å². The van der Waals surface area contributed by atoms with Gasteiger partial charge in [-0.25, -0.2) is 4.98 Å². The molecule has 7 heteroatoms. The van der Waals surface area contributed by atoms with Gasteiger partial charge in [0.05, 0.1) is 28.2 Å². The van der Waals surface area contributed by atoms with Crippen molar-refractivity contribution in [3.05, 3.63) is 314 Å². The van der Waals surface area contributed by atoms with E-state index in [0.717, 1.165) is 52.4 Å². The van der Waals surface area contributed by atoms with Crippen LogP contribution in [0, 0.1) is 12.9 Å². The molecule has 0 saturated heterocycles. The number of unbranched alkanes of at least 4 members (excludes halogenated alkanes) is 1. The van der Waals surface area contributed by atoms with Crippen molar-refractivity contribution in [3.8, 4) is 22.5 Å². The summed E-state index contributed by atoms with van der Waals surface area (Å²) in [6.45, 7) is 10.1. The van der Waals surface area contributed by atoms with Gasteiger partial charge in [0.2, 0.25) is 5.95 Å². The second-order valence-electron chi connectivity index (χ2n) is 16.4. The third kappa shape index (κ3) is 17.1. The Balaban J connectivity index is 0.000000179. The van der Waals surface area contributed by atoms with E-state index in [1.807, 2.05) is 128 Å². The fourth-order valence-electron chi connectivity index (χ4n) is 7.37. The first-order chi connectivity index (χ1) is 34.4. The van der Waals surface area contributed by atoms with Gasteiger partial charge in [-0.2, -0.15) is 10.8 Å². The van der Waals surface area contributed by atoms with E-state index in [0.29, 0.717) is 11.6 Å². The normalized spacial score (nSPS) is 11.3. The summed E-state index contributed by atoms with van der Waals surface area (Å²) in [7, 11) is 0. The Morgan fingerprint density at radius 1 is 0.479 bits per heavy atom. The molecule has 0 spiro atoms. The first kappa shape index (κ1) is 54.3. The van der Waals surface area contributed by atoms with Crippen LogP contribution in [0.1, 0.15) is 79.0 Å². The first-order valence-electron chi connectivity index (χ1n) is 23.8. The van der Waals surface area contributed by atoms with Crippen molar-refractivity contribution < 1.29 is 23.3 Å². The summed E-state index contributed by atoms with van der Waals surface area (Å²) in [5.74, 6) is -0.0706. The average Bonchev–Trinajstić information content (AvgIpc) is 3.45.